The Balaban J connectivity index is 1.73. The number of piperidine rings is 1. The fraction of sp³-hybridized carbons (Fsp3) is 0.300. The van der Waals surface area contributed by atoms with Gasteiger partial charge in [0.1, 0.15) is 0 Å². The van der Waals surface area contributed by atoms with Crippen molar-refractivity contribution in [3.63, 3.8) is 0 Å². The number of carbonyl (C=O) groups excluding carboxylic acids is 1. The van der Waals surface area contributed by atoms with Crippen LogP contribution >= 0.6 is 22.6 Å². The second-order valence-electron chi connectivity index (χ2n) is 6.96. The van der Waals surface area contributed by atoms with E-state index in [2.05, 4.69) is 4.72 Å². The normalized spacial score (nSPS) is 19.6. The molecule has 1 aliphatic rings. The van der Waals surface area contributed by atoms with Crippen LogP contribution in [0.15, 0.2) is 53.4 Å². The zero-order valence-corrected chi connectivity index (χ0v) is 18.9. The van der Waals surface area contributed by atoms with Gasteiger partial charge in [0.25, 0.3) is 5.91 Å². The molecular formula is C20H17F3IN3O3S. The quantitative estimate of drug-likeness (QED) is 0.347. The van der Waals surface area contributed by atoms with Crippen LogP contribution in [0.1, 0.15) is 34.3 Å². The Kier molecular flexibility index (Phi) is 6.92. The number of alkyl halides is 4. The van der Waals surface area contributed by atoms with E-state index in [9.17, 15) is 26.4 Å². The Labute approximate surface area is 191 Å². The number of benzene rings is 2. The molecule has 0 saturated carbocycles. The van der Waals surface area contributed by atoms with Crippen LogP contribution in [0.2, 0.25) is 0 Å². The SMILES string of the molecule is N#Cc1cccc(C(=O)N2CCC(NS(=O)(=O)c3ccccc3C(F)(F)F)CC2I)c1. The molecule has 0 aromatic heterocycles. The minimum absolute atomic E-state index is 0.220. The van der Waals surface area contributed by atoms with Gasteiger partial charge in [-0.15, -0.1) is 0 Å². The standard InChI is InChI=1S/C20H17F3IN3O3S/c21-20(22,23)16-6-1-2-7-17(16)31(29,30)26-15-8-9-27(18(24)11-15)19(28)14-5-3-4-13(10-14)12-25/h1-7,10,15,18,26H,8-9,11H2. The number of nitriles is 1. The average molecular weight is 563 g/mol. The van der Waals surface area contributed by atoms with Crippen molar-refractivity contribution >= 4 is 38.5 Å². The highest BCUT2D eigenvalue weighted by Gasteiger charge is 2.38. The number of likely N-dealkylation sites (tertiary alicyclic amines) is 1. The third-order valence-corrected chi connectivity index (χ3v) is 7.60. The molecule has 1 N–H and O–H groups in total. The van der Waals surface area contributed by atoms with Crippen molar-refractivity contribution in [2.24, 2.45) is 0 Å². The molecule has 2 unspecified atom stereocenters. The maximum absolute atomic E-state index is 13.2. The molecule has 0 radical (unpaired) electrons. The van der Waals surface area contributed by atoms with E-state index in [1.807, 2.05) is 28.7 Å². The van der Waals surface area contributed by atoms with Crippen LogP contribution < -0.4 is 4.72 Å². The van der Waals surface area contributed by atoms with Crippen molar-refractivity contribution in [1.29, 1.82) is 5.26 Å². The highest BCUT2D eigenvalue weighted by atomic mass is 127. The first kappa shape index (κ1) is 23.5. The molecule has 6 nitrogen and oxygen atoms in total. The summed E-state index contributed by atoms with van der Waals surface area (Å²) in [4.78, 5) is 13.5. The Morgan fingerprint density at radius 2 is 1.90 bits per heavy atom. The van der Waals surface area contributed by atoms with Gasteiger partial charge in [-0.05, 0) is 43.2 Å². The Hall–Kier alpha value is -2.17. The first-order valence-corrected chi connectivity index (χ1v) is 11.9. The number of amides is 1. The second-order valence-corrected chi connectivity index (χ2v) is 10.1. The number of sulfonamides is 1. The van der Waals surface area contributed by atoms with Crippen molar-refractivity contribution in [1.82, 2.24) is 9.62 Å². The van der Waals surface area contributed by atoms with Crippen LogP contribution in [-0.2, 0) is 16.2 Å². The lowest BCUT2D eigenvalue weighted by molar-refractivity contribution is -0.139. The molecule has 1 fully saturated rings. The fourth-order valence-electron chi connectivity index (χ4n) is 3.36. The minimum atomic E-state index is -4.80. The Morgan fingerprint density at radius 1 is 1.19 bits per heavy atom. The van der Waals surface area contributed by atoms with Crippen molar-refractivity contribution in [3.05, 3.63) is 65.2 Å². The largest absolute Gasteiger partial charge is 0.417 e. The third-order valence-electron chi connectivity index (χ3n) is 4.84. The van der Waals surface area contributed by atoms with Crippen LogP contribution in [0.25, 0.3) is 0 Å². The van der Waals surface area contributed by atoms with Crippen LogP contribution in [-0.4, -0.2) is 35.9 Å². The maximum atomic E-state index is 13.2. The summed E-state index contributed by atoms with van der Waals surface area (Å²) in [5.74, 6) is -0.291. The van der Waals surface area contributed by atoms with E-state index < -0.39 is 32.7 Å². The molecule has 0 aliphatic carbocycles. The van der Waals surface area contributed by atoms with E-state index in [1.54, 1.807) is 23.1 Å². The third kappa shape index (κ3) is 5.36. The number of halogens is 4. The summed E-state index contributed by atoms with van der Waals surface area (Å²) in [6.07, 6.45) is -4.32. The molecule has 0 spiro atoms. The van der Waals surface area contributed by atoms with Crippen molar-refractivity contribution in [3.8, 4) is 6.07 Å². The predicted molar refractivity (Wildman–Crippen MR) is 115 cm³/mol. The molecule has 1 saturated heterocycles. The molecule has 1 amide bonds. The van der Waals surface area contributed by atoms with Gasteiger partial charge in [0.2, 0.25) is 10.0 Å². The molecule has 164 valence electrons. The smallest absolute Gasteiger partial charge is 0.327 e. The zero-order valence-electron chi connectivity index (χ0n) is 15.9. The summed E-state index contributed by atoms with van der Waals surface area (Å²) >= 11 is 2.01. The van der Waals surface area contributed by atoms with E-state index in [0.29, 0.717) is 11.1 Å². The molecule has 11 heteroatoms. The maximum Gasteiger partial charge on any atom is 0.417 e. The zero-order chi connectivity index (χ0) is 22.8. The van der Waals surface area contributed by atoms with Crippen molar-refractivity contribution in [2.45, 2.75) is 34.0 Å². The molecular weight excluding hydrogens is 546 g/mol. The van der Waals surface area contributed by atoms with E-state index in [1.165, 1.54) is 12.1 Å². The number of nitrogens with one attached hydrogen (secondary N) is 1. The second kappa shape index (κ2) is 9.13. The summed E-state index contributed by atoms with van der Waals surface area (Å²) in [6, 6.07) is 11.6. The number of hydrogen-bond donors (Lipinski definition) is 1. The molecule has 0 bridgehead atoms. The summed E-state index contributed by atoms with van der Waals surface area (Å²) in [7, 11) is -4.41. The number of nitrogens with zero attached hydrogens (tertiary/aromatic N) is 2. The number of hydrogen-bond acceptors (Lipinski definition) is 4. The highest BCUT2D eigenvalue weighted by Crippen LogP contribution is 2.34. The Bertz CT molecular complexity index is 1130. The lowest BCUT2D eigenvalue weighted by Gasteiger charge is -2.36. The monoisotopic (exact) mass is 563 g/mol. The van der Waals surface area contributed by atoms with E-state index in [4.69, 9.17) is 5.26 Å². The topological polar surface area (TPSA) is 90.3 Å². The number of carbonyl (C=O) groups is 1. The lowest BCUT2D eigenvalue weighted by Crippen LogP contribution is -2.49. The van der Waals surface area contributed by atoms with Crippen LogP contribution in [0.3, 0.4) is 0 Å². The summed E-state index contributed by atoms with van der Waals surface area (Å²) in [5, 5.41) is 9.00. The van der Waals surface area contributed by atoms with E-state index in [0.717, 1.165) is 18.2 Å². The molecule has 31 heavy (non-hydrogen) atoms. The molecule has 1 heterocycles. The van der Waals surface area contributed by atoms with Gasteiger partial charge in [-0.3, -0.25) is 4.79 Å². The van der Waals surface area contributed by atoms with Gasteiger partial charge in [-0.25, -0.2) is 13.1 Å². The average Bonchev–Trinajstić information content (AvgIpc) is 2.72. The van der Waals surface area contributed by atoms with Gasteiger partial charge < -0.3 is 4.90 Å². The minimum Gasteiger partial charge on any atom is -0.327 e. The molecule has 3 rings (SSSR count). The van der Waals surface area contributed by atoms with Gasteiger partial charge in [0, 0.05) is 18.2 Å². The summed E-state index contributed by atoms with van der Waals surface area (Å²) in [5.41, 5.74) is -0.529. The number of rotatable bonds is 4. The van der Waals surface area contributed by atoms with Gasteiger partial charge in [-0.1, -0.05) is 40.8 Å². The van der Waals surface area contributed by atoms with Gasteiger partial charge in [0.15, 0.2) is 0 Å². The van der Waals surface area contributed by atoms with Gasteiger partial charge in [0.05, 0.1) is 26.1 Å². The highest BCUT2D eigenvalue weighted by molar-refractivity contribution is 14.1. The van der Waals surface area contributed by atoms with Crippen LogP contribution in [0.4, 0.5) is 13.2 Å². The lowest BCUT2D eigenvalue weighted by atomic mass is 10.0. The first-order chi connectivity index (χ1) is 14.5. The van der Waals surface area contributed by atoms with Crippen LogP contribution in [0.5, 0.6) is 0 Å². The predicted octanol–water partition coefficient (Wildman–Crippen LogP) is 3.92. The summed E-state index contributed by atoms with van der Waals surface area (Å²) in [6.45, 7) is 0.220. The Morgan fingerprint density at radius 3 is 2.55 bits per heavy atom. The molecule has 1 aliphatic heterocycles. The van der Waals surface area contributed by atoms with Crippen LogP contribution in [0, 0.1) is 11.3 Å². The van der Waals surface area contributed by atoms with E-state index in [-0.39, 0.29) is 29.3 Å². The van der Waals surface area contributed by atoms with Gasteiger partial charge >= 0.3 is 6.18 Å². The molecule has 2 aromatic rings. The molecule has 2 atom stereocenters. The summed E-state index contributed by atoms with van der Waals surface area (Å²) < 4.78 is 66.9. The van der Waals surface area contributed by atoms with Gasteiger partial charge in [-0.2, -0.15) is 18.4 Å². The van der Waals surface area contributed by atoms with Crippen molar-refractivity contribution in [2.75, 3.05) is 6.54 Å². The van der Waals surface area contributed by atoms with E-state index >= 15 is 0 Å². The fourth-order valence-corrected chi connectivity index (χ4v) is 6.01. The first-order valence-electron chi connectivity index (χ1n) is 9.16. The molecule has 2 aromatic carbocycles. The van der Waals surface area contributed by atoms with Crippen molar-refractivity contribution < 1.29 is 26.4 Å².